The fourth-order valence-corrected chi connectivity index (χ4v) is 1.55. The van der Waals surface area contributed by atoms with Gasteiger partial charge in [-0.1, -0.05) is 26.7 Å². The Morgan fingerprint density at radius 3 is 2.14 bits per heavy atom. The summed E-state index contributed by atoms with van der Waals surface area (Å²) in [5.74, 6) is 0. The Balaban J connectivity index is 3.06. The summed E-state index contributed by atoms with van der Waals surface area (Å²) in [5, 5.41) is 3.36. The predicted molar refractivity (Wildman–Crippen MR) is 64.8 cm³/mol. The lowest BCUT2D eigenvalue weighted by molar-refractivity contribution is 0.317. The molecule has 0 fully saturated rings. The van der Waals surface area contributed by atoms with Gasteiger partial charge < -0.3 is 10.2 Å². The van der Waals surface area contributed by atoms with Crippen LogP contribution in [0.25, 0.3) is 0 Å². The second kappa shape index (κ2) is 11.0. The van der Waals surface area contributed by atoms with E-state index in [0.29, 0.717) is 0 Å². The Hall–Kier alpha value is -0.0800. The Labute approximate surface area is 90.1 Å². The third-order valence-electron chi connectivity index (χ3n) is 2.54. The topological polar surface area (TPSA) is 15.3 Å². The van der Waals surface area contributed by atoms with E-state index in [1.807, 2.05) is 0 Å². The van der Waals surface area contributed by atoms with Crippen molar-refractivity contribution >= 4 is 0 Å². The summed E-state index contributed by atoms with van der Waals surface area (Å²) in [6, 6.07) is 0. The van der Waals surface area contributed by atoms with Crippen LogP contribution in [-0.4, -0.2) is 38.1 Å². The van der Waals surface area contributed by atoms with Gasteiger partial charge in [-0.05, 0) is 52.5 Å². The summed E-state index contributed by atoms with van der Waals surface area (Å²) in [5.41, 5.74) is 0. The minimum atomic E-state index is 1.10. The molecule has 1 N–H and O–H groups in total. The largest absolute Gasteiger partial charge is 0.317 e. The molecule has 14 heavy (non-hydrogen) atoms. The molecule has 0 aromatic carbocycles. The molecular weight excluding hydrogens is 172 g/mol. The maximum Gasteiger partial charge on any atom is -0.00213 e. The molecule has 0 spiro atoms. The van der Waals surface area contributed by atoms with Crippen LogP contribution in [0.1, 0.15) is 46.0 Å². The summed E-state index contributed by atoms with van der Waals surface area (Å²) >= 11 is 0. The molecule has 0 amide bonds. The molecule has 0 heterocycles. The molecule has 0 aliphatic carbocycles. The van der Waals surface area contributed by atoms with E-state index in [2.05, 4.69) is 31.1 Å². The molecule has 0 aromatic heterocycles. The van der Waals surface area contributed by atoms with Crippen molar-refractivity contribution in [3.05, 3.63) is 0 Å². The maximum atomic E-state index is 3.36. The highest BCUT2D eigenvalue weighted by Gasteiger charge is 1.96. The van der Waals surface area contributed by atoms with Crippen LogP contribution < -0.4 is 5.32 Å². The van der Waals surface area contributed by atoms with Gasteiger partial charge >= 0.3 is 0 Å². The predicted octanol–water partition coefficient (Wildman–Crippen LogP) is 2.50. The van der Waals surface area contributed by atoms with E-state index >= 15 is 0 Å². The van der Waals surface area contributed by atoms with Gasteiger partial charge in [-0.15, -0.1) is 0 Å². The number of nitrogens with zero attached hydrogens (tertiary/aromatic N) is 1. The van der Waals surface area contributed by atoms with Crippen molar-refractivity contribution in [1.82, 2.24) is 10.2 Å². The van der Waals surface area contributed by atoms with Gasteiger partial charge in [-0.25, -0.2) is 0 Å². The van der Waals surface area contributed by atoms with Crippen molar-refractivity contribution in [1.29, 1.82) is 0 Å². The van der Waals surface area contributed by atoms with E-state index in [1.165, 1.54) is 51.7 Å². The number of unbranched alkanes of at least 4 members (excludes halogenated alkanes) is 3. The normalized spacial score (nSPS) is 11.1. The first kappa shape index (κ1) is 13.9. The molecule has 0 saturated heterocycles. The highest BCUT2D eigenvalue weighted by Crippen LogP contribution is 1.98. The first-order valence-electron chi connectivity index (χ1n) is 6.20. The van der Waals surface area contributed by atoms with E-state index in [0.717, 1.165) is 6.54 Å². The molecule has 0 atom stereocenters. The average Bonchev–Trinajstić information content (AvgIpc) is 2.18. The quantitative estimate of drug-likeness (QED) is 0.545. The van der Waals surface area contributed by atoms with Gasteiger partial charge in [0, 0.05) is 0 Å². The van der Waals surface area contributed by atoms with Gasteiger partial charge in [-0.2, -0.15) is 0 Å². The average molecular weight is 200 g/mol. The van der Waals surface area contributed by atoms with Gasteiger partial charge in [0.15, 0.2) is 0 Å². The molecule has 0 aliphatic rings. The molecule has 86 valence electrons. The van der Waals surface area contributed by atoms with Crippen molar-refractivity contribution in [2.45, 2.75) is 46.0 Å². The Bertz CT molecular complexity index is 104. The molecular formula is C12H28N2. The highest BCUT2D eigenvalue weighted by atomic mass is 15.1. The molecule has 0 bridgehead atoms. The van der Waals surface area contributed by atoms with Gasteiger partial charge in [0.1, 0.15) is 0 Å². The summed E-state index contributed by atoms with van der Waals surface area (Å²) in [6.07, 6.45) is 6.71. The maximum absolute atomic E-state index is 3.36. The fraction of sp³-hybridized carbons (Fsp3) is 1.00. The van der Waals surface area contributed by atoms with Gasteiger partial charge in [0.25, 0.3) is 0 Å². The molecule has 2 heteroatoms. The van der Waals surface area contributed by atoms with Crippen molar-refractivity contribution in [2.24, 2.45) is 0 Å². The first-order valence-corrected chi connectivity index (χ1v) is 6.20. The number of hydrogen-bond acceptors (Lipinski definition) is 2. The number of hydrogen-bond donors (Lipinski definition) is 1. The van der Waals surface area contributed by atoms with Crippen LogP contribution in [0.2, 0.25) is 0 Å². The third kappa shape index (κ3) is 10.0. The molecule has 2 nitrogen and oxygen atoms in total. The van der Waals surface area contributed by atoms with Crippen LogP contribution in [0.4, 0.5) is 0 Å². The number of nitrogens with one attached hydrogen (secondary N) is 1. The minimum absolute atomic E-state index is 1.10. The second-order valence-corrected chi connectivity index (χ2v) is 4.07. The summed E-state index contributed by atoms with van der Waals surface area (Å²) in [7, 11) is 2.24. The standard InChI is InChI=1S/C12H28N2/c1-4-6-8-11-14(3)12-9-7-10-13-5-2/h13H,4-12H2,1-3H3. The minimum Gasteiger partial charge on any atom is -0.317 e. The second-order valence-electron chi connectivity index (χ2n) is 4.07. The first-order chi connectivity index (χ1) is 6.81. The molecule has 0 saturated carbocycles. The van der Waals surface area contributed by atoms with E-state index in [9.17, 15) is 0 Å². The lowest BCUT2D eigenvalue weighted by Crippen LogP contribution is -2.22. The Morgan fingerprint density at radius 2 is 1.57 bits per heavy atom. The lowest BCUT2D eigenvalue weighted by atomic mass is 10.2. The monoisotopic (exact) mass is 200 g/mol. The summed E-state index contributed by atoms with van der Waals surface area (Å²) < 4.78 is 0. The van der Waals surface area contributed by atoms with Crippen molar-refractivity contribution in [2.75, 3.05) is 33.2 Å². The zero-order valence-electron chi connectivity index (χ0n) is 10.3. The third-order valence-corrected chi connectivity index (χ3v) is 2.54. The van der Waals surface area contributed by atoms with Crippen LogP contribution >= 0.6 is 0 Å². The zero-order valence-corrected chi connectivity index (χ0v) is 10.3. The van der Waals surface area contributed by atoms with Crippen LogP contribution in [-0.2, 0) is 0 Å². The molecule has 0 unspecified atom stereocenters. The molecule has 0 radical (unpaired) electrons. The van der Waals surface area contributed by atoms with Crippen LogP contribution in [0.3, 0.4) is 0 Å². The SMILES string of the molecule is CCCCCN(C)CCCCNCC. The van der Waals surface area contributed by atoms with Gasteiger partial charge in [-0.3, -0.25) is 0 Å². The van der Waals surface area contributed by atoms with E-state index in [4.69, 9.17) is 0 Å². The molecule has 0 aromatic rings. The van der Waals surface area contributed by atoms with Crippen molar-refractivity contribution in [3.8, 4) is 0 Å². The van der Waals surface area contributed by atoms with E-state index in [1.54, 1.807) is 0 Å². The lowest BCUT2D eigenvalue weighted by Gasteiger charge is -2.15. The highest BCUT2D eigenvalue weighted by molar-refractivity contribution is 4.53. The van der Waals surface area contributed by atoms with Crippen molar-refractivity contribution < 1.29 is 0 Å². The van der Waals surface area contributed by atoms with Gasteiger partial charge in [0.2, 0.25) is 0 Å². The Morgan fingerprint density at radius 1 is 0.929 bits per heavy atom. The van der Waals surface area contributed by atoms with Gasteiger partial charge in [0.05, 0.1) is 0 Å². The molecule has 0 aliphatic heterocycles. The fourth-order valence-electron chi connectivity index (χ4n) is 1.55. The zero-order chi connectivity index (χ0) is 10.6. The van der Waals surface area contributed by atoms with Crippen LogP contribution in [0.5, 0.6) is 0 Å². The molecule has 0 rings (SSSR count). The van der Waals surface area contributed by atoms with Crippen molar-refractivity contribution in [3.63, 3.8) is 0 Å². The Kier molecular flexibility index (Phi) is 10.9. The van der Waals surface area contributed by atoms with E-state index in [-0.39, 0.29) is 0 Å². The smallest absolute Gasteiger partial charge is 0.00213 e. The summed E-state index contributed by atoms with van der Waals surface area (Å²) in [4.78, 5) is 2.46. The van der Waals surface area contributed by atoms with E-state index < -0.39 is 0 Å². The summed E-state index contributed by atoms with van der Waals surface area (Å²) in [6.45, 7) is 9.24. The number of rotatable bonds is 10. The van der Waals surface area contributed by atoms with Crippen LogP contribution in [0, 0.1) is 0 Å². The van der Waals surface area contributed by atoms with Crippen LogP contribution in [0.15, 0.2) is 0 Å².